The van der Waals surface area contributed by atoms with Crippen LogP contribution in [0.2, 0.25) is 5.02 Å². The molecule has 0 radical (unpaired) electrons. The summed E-state index contributed by atoms with van der Waals surface area (Å²) in [7, 11) is 0. The summed E-state index contributed by atoms with van der Waals surface area (Å²) in [5, 5.41) is 20.6. The molecule has 3 aromatic heterocycles. The Balaban J connectivity index is 0.00000289. The van der Waals surface area contributed by atoms with Crippen molar-refractivity contribution in [3.8, 4) is 5.82 Å². The van der Waals surface area contributed by atoms with Crippen molar-refractivity contribution in [1.29, 1.82) is 0 Å². The quantitative estimate of drug-likeness (QED) is 0.162. The van der Waals surface area contributed by atoms with Gasteiger partial charge in [0.25, 0.3) is 5.91 Å². The number of H-pyrrole nitrogens is 1. The van der Waals surface area contributed by atoms with Crippen LogP contribution in [0.5, 0.6) is 0 Å². The zero-order chi connectivity index (χ0) is 23.5. The number of aromatic nitrogens is 7. The second-order valence-corrected chi connectivity index (χ2v) is 8.27. The molecule has 0 saturated carbocycles. The fourth-order valence-electron chi connectivity index (χ4n) is 3.02. The van der Waals surface area contributed by atoms with Gasteiger partial charge >= 0.3 is 0 Å². The number of amides is 1. The van der Waals surface area contributed by atoms with Crippen molar-refractivity contribution < 1.29 is 9.42 Å². The molecule has 0 bridgehead atoms. The number of nitrogens with zero attached hydrogens (tertiary/aromatic N) is 7. The number of nitrogens with two attached hydrogens (primary N) is 1. The molecule has 3 heterocycles. The molecule has 0 unspecified atom stereocenters. The van der Waals surface area contributed by atoms with E-state index in [-0.39, 0.29) is 35.5 Å². The number of halogens is 2. The van der Waals surface area contributed by atoms with Crippen molar-refractivity contribution >= 4 is 64.7 Å². The number of carbonyl (C=O) groups excluding carboxylic acids is 1. The fraction of sp³-hybridized carbons (Fsp3) is 0.0500. The van der Waals surface area contributed by atoms with Gasteiger partial charge in [0.1, 0.15) is 0 Å². The van der Waals surface area contributed by atoms with Crippen molar-refractivity contribution in [1.82, 2.24) is 40.7 Å². The number of benzene rings is 2. The lowest BCUT2D eigenvalue weighted by atomic mass is 10.2. The van der Waals surface area contributed by atoms with Crippen molar-refractivity contribution in [3.63, 3.8) is 0 Å². The van der Waals surface area contributed by atoms with Crippen molar-refractivity contribution in [3.05, 3.63) is 70.5 Å². The Hall–Kier alpha value is -3.94. The summed E-state index contributed by atoms with van der Waals surface area (Å²) in [6.07, 6.45) is 1.49. The zero-order valence-electron chi connectivity index (χ0n) is 17.6. The van der Waals surface area contributed by atoms with Crippen LogP contribution in [0.1, 0.15) is 21.7 Å². The maximum Gasteiger partial charge on any atom is 0.293 e. The number of rotatable bonds is 7. The van der Waals surface area contributed by atoms with Crippen LogP contribution in [0.15, 0.2) is 63.4 Å². The smallest absolute Gasteiger partial charge is 0.293 e. The van der Waals surface area contributed by atoms with E-state index in [9.17, 15) is 4.79 Å². The van der Waals surface area contributed by atoms with Crippen LogP contribution in [0.25, 0.3) is 16.9 Å². The third kappa shape index (κ3) is 5.26. The van der Waals surface area contributed by atoms with Crippen LogP contribution in [0.4, 0.5) is 5.82 Å². The number of imidazole rings is 1. The van der Waals surface area contributed by atoms with Crippen LogP contribution in [0, 0.1) is 0 Å². The van der Waals surface area contributed by atoms with Crippen molar-refractivity contribution in [2.45, 2.75) is 10.9 Å². The molecule has 4 N–H and O–H groups in total. The molecule has 2 aromatic carbocycles. The van der Waals surface area contributed by atoms with E-state index in [4.69, 9.17) is 17.3 Å². The third-order valence-corrected chi connectivity index (χ3v) is 5.77. The number of hydrogen-bond acceptors (Lipinski definition) is 10. The molecule has 12 nitrogen and oxygen atoms in total. The van der Waals surface area contributed by atoms with Gasteiger partial charge in [-0.25, -0.2) is 15.0 Å². The Kier molecular flexibility index (Phi) is 7.29. The highest BCUT2D eigenvalue weighted by Crippen LogP contribution is 2.26. The molecule has 0 fully saturated rings. The van der Waals surface area contributed by atoms with Crippen LogP contribution >= 0.6 is 35.8 Å². The van der Waals surface area contributed by atoms with E-state index in [0.29, 0.717) is 15.9 Å². The van der Waals surface area contributed by atoms with Gasteiger partial charge in [0.15, 0.2) is 10.9 Å². The molecule has 0 aliphatic carbocycles. The minimum Gasteiger partial charge on any atom is -0.378 e. The molecule has 0 saturated heterocycles. The summed E-state index contributed by atoms with van der Waals surface area (Å²) in [5.41, 5.74) is 11.2. The Bertz CT molecular complexity index is 1460. The first-order valence-electron chi connectivity index (χ1n) is 9.78. The summed E-state index contributed by atoms with van der Waals surface area (Å²) >= 11 is 7.24. The average molecular weight is 531 g/mol. The molecule has 0 aliphatic rings. The maximum atomic E-state index is 12.8. The first kappa shape index (κ1) is 24.2. The average Bonchev–Trinajstić information content (AvgIpc) is 3.56. The van der Waals surface area contributed by atoms with Gasteiger partial charge < -0.3 is 10.7 Å². The largest absolute Gasteiger partial charge is 0.378 e. The standard InChI is InChI=1S/C20H15ClN10O2S.ClH/c21-12-7-5-11(6-8-12)9-23-27-19(32)16-15(31(30-26-16)18-17(22)28-33-29-18)10-34-20-24-13-3-1-2-4-14(13)25-20;/h1-9H,10H2,(H2,22,28)(H,24,25)(H,27,32);1H/b23-9+;. The number of aromatic amines is 1. The van der Waals surface area contributed by atoms with Gasteiger partial charge in [-0.15, -0.1) is 17.5 Å². The number of fused-ring (bicyclic) bond motifs is 1. The lowest BCUT2D eigenvalue weighted by Gasteiger charge is -2.04. The molecular formula is C20H16Cl2N10O2S. The van der Waals surface area contributed by atoms with Gasteiger partial charge in [0.2, 0.25) is 11.6 Å². The van der Waals surface area contributed by atoms with Crippen LogP contribution in [-0.4, -0.2) is 47.4 Å². The molecule has 0 spiro atoms. The first-order valence-corrected chi connectivity index (χ1v) is 11.1. The van der Waals surface area contributed by atoms with Gasteiger partial charge in [0, 0.05) is 10.8 Å². The summed E-state index contributed by atoms with van der Waals surface area (Å²) in [6, 6.07) is 14.6. The Labute approximate surface area is 212 Å². The highest BCUT2D eigenvalue weighted by Gasteiger charge is 2.24. The second kappa shape index (κ2) is 10.5. The minimum absolute atomic E-state index is 0. The van der Waals surface area contributed by atoms with Crippen LogP contribution < -0.4 is 11.2 Å². The Morgan fingerprint density at radius 3 is 2.77 bits per heavy atom. The van der Waals surface area contributed by atoms with E-state index in [0.717, 1.165) is 16.6 Å². The monoisotopic (exact) mass is 530 g/mol. The number of carbonyl (C=O) groups is 1. The summed E-state index contributed by atoms with van der Waals surface area (Å²) in [4.78, 5) is 20.6. The molecule has 5 rings (SSSR count). The summed E-state index contributed by atoms with van der Waals surface area (Å²) in [6.45, 7) is 0. The molecule has 0 aliphatic heterocycles. The van der Waals surface area contributed by atoms with E-state index in [1.165, 1.54) is 22.7 Å². The van der Waals surface area contributed by atoms with E-state index >= 15 is 0 Å². The second-order valence-electron chi connectivity index (χ2n) is 6.87. The fourth-order valence-corrected chi connectivity index (χ4v) is 4.02. The topological polar surface area (TPSA) is 166 Å². The maximum absolute atomic E-state index is 12.8. The molecule has 0 atom stereocenters. The highest BCUT2D eigenvalue weighted by molar-refractivity contribution is 7.98. The third-order valence-electron chi connectivity index (χ3n) is 4.64. The molecule has 5 aromatic rings. The van der Waals surface area contributed by atoms with E-state index in [1.54, 1.807) is 24.3 Å². The number of nitrogen functional groups attached to an aromatic ring is 1. The Morgan fingerprint density at radius 2 is 2.03 bits per heavy atom. The van der Waals surface area contributed by atoms with Gasteiger partial charge in [-0.1, -0.05) is 52.8 Å². The van der Waals surface area contributed by atoms with Gasteiger partial charge in [0.05, 0.1) is 22.9 Å². The van der Waals surface area contributed by atoms with Gasteiger partial charge in [-0.3, -0.25) is 4.79 Å². The first-order chi connectivity index (χ1) is 16.6. The number of hydrogen-bond donors (Lipinski definition) is 3. The predicted octanol–water partition coefficient (Wildman–Crippen LogP) is 3.24. The molecular weight excluding hydrogens is 515 g/mol. The lowest BCUT2D eigenvalue weighted by Crippen LogP contribution is -2.20. The van der Waals surface area contributed by atoms with E-state index in [1.807, 2.05) is 24.3 Å². The van der Waals surface area contributed by atoms with E-state index in [2.05, 4.69) is 45.7 Å². The van der Waals surface area contributed by atoms with Crippen molar-refractivity contribution in [2.24, 2.45) is 5.10 Å². The normalized spacial score (nSPS) is 11.1. The number of hydrazone groups is 1. The lowest BCUT2D eigenvalue weighted by molar-refractivity contribution is 0.0949. The molecule has 1 amide bonds. The molecule has 15 heteroatoms. The number of nitrogens with one attached hydrogen (secondary N) is 2. The highest BCUT2D eigenvalue weighted by atomic mass is 35.5. The number of thioether (sulfide) groups is 1. The van der Waals surface area contributed by atoms with Gasteiger partial charge in [-0.05, 0) is 40.1 Å². The molecule has 35 heavy (non-hydrogen) atoms. The Morgan fingerprint density at radius 1 is 1.23 bits per heavy atom. The number of para-hydroxylation sites is 2. The van der Waals surface area contributed by atoms with Gasteiger partial charge in [-0.2, -0.15) is 9.78 Å². The van der Waals surface area contributed by atoms with Crippen LogP contribution in [0.3, 0.4) is 0 Å². The number of anilines is 1. The summed E-state index contributed by atoms with van der Waals surface area (Å²) in [5.74, 6) is -0.168. The van der Waals surface area contributed by atoms with Crippen LogP contribution in [-0.2, 0) is 5.75 Å². The minimum atomic E-state index is -0.563. The summed E-state index contributed by atoms with van der Waals surface area (Å²) < 4.78 is 5.98. The van der Waals surface area contributed by atoms with Crippen molar-refractivity contribution in [2.75, 3.05) is 5.73 Å². The predicted molar refractivity (Wildman–Crippen MR) is 133 cm³/mol. The SMILES string of the molecule is Cl.Nc1nonc1-n1nnc(C(=O)N/N=C/c2ccc(Cl)cc2)c1CSc1nc2ccccc2[nH]1. The zero-order valence-corrected chi connectivity index (χ0v) is 20.0. The van der Waals surface area contributed by atoms with E-state index < -0.39 is 5.91 Å². The molecule has 178 valence electrons.